The van der Waals surface area contributed by atoms with Gasteiger partial charge in [0.05, 0.1) is 11.3 Å². The van der Waals surface area contributed by atoms with Gasteiger partial charge in [-0.1, -0.05) is 57.9 Å². The lowest BCUT2D eigenvalue weighted by Gasteiger charge is -1.99. The van der Waals surface area contributed by atoms with Crippen molar-refractivity contribution in [1.29, 1.82) is 5.26 Å². The summed E-state index contributed by atoms with van der Waals surface area (Å²) in [7, 11) is 0. The zero-order valence-corrected chi connectivity index (χ0v) is 15.0. The number of benzene rings is 2. The van der Waals surface area contributed by atoms with Crippen molar-refractivity contribution >= 4 is 50.5 Å². The third kappa shape index (κ3) is 3.70. The van der Waals surface area contributed by atoms with Crippen LogP contribution in [-0.2, 0) is 0 Å². The lowest BCUT2D eigenvalue weighted by Crippen LogP contribution is -1.83. The van der Waals surface area contributed by atoms with Crippen LogP contribution in [0.5, 0.6) is 0 Å². The Hall–Kier alpha value is -1.93. The van der Waals surface area contributed by atoms with Crippen LogP contribution in [0.4, 0.5) is 0 Å². The van der Waals surface area contributed by atoms with Crippen LogP contribution >= 0.6 is 38.9 Å². The molecule has 0 atom stereocenters. The number of rotatable bonds is 3. The molecule has 0 fully saturated rings. The minimum atomic E-state index is 0.506. The summed E-state index contributed by atoms with van der Waals surface area (Å²) in [5, 5.41) is 12.7. The Morgan fingerprint density at radius 3 is 2.61 bits per heavy atom. The van der Waals surface area contributed by atoms with Crippen LogP contribution in [0.15, 0.2) is 58.4 Å². The standard InChI is InChI=1S/C18H10BrClN2S/c19-15-7-5-12(6-8-15)17-11-23-18(22-17)14(10-21)9-13-3-1-2-4-16(13)20/h1-9,11H/b14-9+. The summed E-state index contributed by atoms with van der Waals surface area (Å²) < 4.78 is 1.02. The molecule has 1 heterocycles. The van der Waals surface area contributed by atoms with E-state index < -0.39 is 0 Å². The van der Waals surface area contributed by atoms with E-state index in [4.69, 9.17) is 11.6 Å². The molecule has 0 saturated heterocycles. The Morgan fingerprint density at radius 2 is 1.91 bits per heavy atom. The molecule has 0 amide bonds. The summed E-state index contributed by atoms with van der Waals surface area (Å²) in [4.78, 5) is 4.58. The molecule has 3 rings (SSSR count). The van der Waals surface area contributed by atoms with E-state index in [1.807, 2.05) is 47.8 Å². The summed E-state index contributed by atoms with van der Waals surface area (Å²) in [6, 6.07) is 17.6. The normalized spacial score (nSPS) is 11.3. The van der Waals surface area contributed by atoms with Crippen LogP contribution in [0.2, 0.25) is 5.02 Å². The zero-order chi connectivity index (χ0) is 16.2. The van der Waals surface area contributed by atoms with E-state index in [0.29, 0.717) is 15.6 Å². The summed E-state index contributed by atoms with van der Waals surface area (Å²) in [6.07, 6.45) is 1.77. The number of nitrogens with zero attached hydrogens (tertiary/aromatic N) is 2. The Labute approximate surface area is 151 Å². The molecular formula is C18H10BrClN2S. The van der Waals surface area contributed by atoms with Crippen molar-refractivity contribution in [3.8, 4) is 17.3 Å². The lowest BCUT2D eigenvalue weighted by atomic mass is 10.1. The molecule has 0 aliphatic heterocycles. The van der Waals surface area contributed by atoms with Crippen molar-refractivity contribution in [2.45, 2.75) is 0 Å². The maximum absolute atomic E-state index is 9.45. The van der Waals surface area contributed by atoms with Crippen molar-refractivity contribution in [2.75, 3.05) is 0 Å². The van der Waals surface area contributed by atoms with Gasteiger partial charge in [0.25, 0.3) is 0 Å². The van der Waals surface area contributed by atoms with E-state index in [0.717, 1.165) is 21.3 Å². The van der Waals surface area contributed by atoms with Crippen LogP contribution in [0.1, 0.15) is 10.6 Å². The topological polar surface area (TPSA) is 36.7 Å². The van der Waals surface area contributed by atoms with E-state index >= 15 is 0 Å². The molecule has 0 aliphatic rings. The first-order chi connectivity index (χ1) is 11.2. The molecule has 0 aliphatic carbocycles. The lowest BCUT2D eigenvalue weighted by molar-refractivity contribution is 1.37. The molecule has 2 nitrogen and oxygen atoms in total. The molecular weight excluding hydrogens is 392 g/mol. The Kier molecular flexibility index (Phi) is 4.92. The summed E-state index contributed by atoms with van der Waals surface area (Å²) in [6.45, 7) is 0. The number of thiazole rings is 1. The van der Waals surface area contributed by atoms with E-state index in [1.165, 1.54) is 11.3 Å². The molecule has 5 heteroatoms. The first-order valence-corrected chi connectivity index (χ1v) is 8.80. The number of nitriles is 1. The predicted octanol–water partition coefficient (Wildman–Crippen LogP) is 6.29. The molecule has 0 radical (unpaired) electrons. The second-order valence-corrected chi connectivity index (χ2v) is 6.92. The van der Waals surface area contributed by atoms with Gasteiger partial charge in [-0.15, -0.1) is 11.3 Å². The number of hydrogen-bond donors (Lipinski definition) is 0. The fraction of sp³-hybridized carbons (Fsp3) is 0. The SMILES string of the molecule is N#C/C(=C\c1ccccc1Cl)c1nc(-c2ccc(Br)cc2)cs1. The highest BCUT2D eigenvalue weighted by Gasteiger charge is 2.10. The van der Waals surface area contributed by atoms with Gasteiger partial charge in [0.15, 0.2) is 0 Å². The van der Waals surface area contributed by atoms with E-state index in [-0.39, 0.29) is 0 Å². The summed E-state index contributed by atoms with van der Waals surface area (Å²) in [5.74, 6) is 0. The third-order valence-corrected chi connectivity index (χ3v) is 4.95. The predicted molar refractivity (Wildman–Crippen MR) is 100 cm³/mol. The minimum Gasteiger partial charge on any atom is -0.235 e. The highest BCUT2D eigenvalue weighted by Crippen LogP contribution is 2.29. The smallest absolute Gasteiger partial charge is 0.134 e. The van der Waals surface area contributed by atoms with E-state index in [2.05, 4.69) is 27.0 Å². The van der Waals surface area contributed by atoms with Gasteiger partial charge >= 0.3 is 0 Å². The zero-order valence-electron chi connectivity index (χ0n) is 11.8. The quantitative estimate of drug-likeness (QED) is 0.483. The van der Waals surface area contributed by atoms with E-state index in [9.17, 15) is 5.26 Å². The molecule has 23 heavy (non-hydrogen) atoms. The summed E-state index contributed by atoms with van der Waals surface area (Å²) in [5.41, 5.74) is 3.20. The molecule has 0 saturated carbocycles. The second-order valence-electron chi connectivity index (χ2n) is 4.74. The maximum Gasteiger partial charge on any atom is 0.134 e. The Bertz CT molecular complexity index is 907. The van der Waals surface area contributed by atoms with Crippen molar-refractivity contribution in [2.24, 2.45) is 0 Å². The largest absolute Gasteiger partial charge is 0.235 e. The number of hydrogen-bond acceptors (Lipinski definition) is 3. The van der Waals surface area contributed by atoms with Crippen molar-refractivity contribution in [1.82, 2.24) is 4.98 Å². The van der Waals surface area contributed by atoms with Crippen molar-refractivity contribution in [3.05, 3.63) is 74.0 Å². The second kappa shape index (κ2) is 7.10. The van der Waals surface area contributed by atoms with Gasteiger partial charge in [-0.3, -0.25) is 0 Å². The highest BCUT2D eigenvalue weighted by atomic mass is 79.9. The van der Waals surface area contributed by atoms with Gasteiger partial charge in [0.2, 0.25) is 0 Å². The molecule has 2 aromatic carbocycles. The van der Waals surface area contributed by atoms with Gasteiger partial charge in [-0.2, -0.15) is 5.26 Å². The number of aromatic nitrogens is 1. The van der Waals surface area contributed by atoms with Crippen molar-refractivity contribution in [3.63, 3.8) is 0 Å². The van der Waals surface area contributed by atoms with Gasteiger partial charge in [-0.05, 0) is 29.8 Å². The summed E-state index contributed by atoms with van der Waals surface area (Å²) >= 11 is 11.0. The van der Waals surface area contributed by atoms with Gasteiger partial charge in [-0.25, -0.2) is 4.98 Å². The number of allylic oxidation sites excluding steroid dienone is 1. The van der Waals surface area contributed by atoms with Crippen LogP contribution < -0.4 is 0 Å². The Balaban J connectivity index is 1.96. The molecule has 0 N–H and O–H groups in total. The first kappa shape index (κ1) is 15.9. The molecule has 0 bridgehead atoms. The van der Waals surface area contributed by atoms with Crippen LogP contribution in [-0.4, -0.2) is 4.98 Å². The third-order valence-electron chi connectivity index (χ3n) is 3.20. The maximum atomic E-state index is 9.45. The average Bonchev–Trinajstić information content (AvgIpc) is 3.04. The van der Waals surface area contributed by atoms with Crippen molar-refractivity contribution < 1.29 is 0 Å². The van der Waals surface area contributed by atoms with Gasteiger partial charge < -0.3 is 0 Å². The van der Waals surface area contributed by atoms with Crippen LogP contribution in [0, 0.1) is 11.3 Å². The molecule has 0 unspecified atom stereocenters. The van der Waals surface area contributed by atoms with Crippen LogP contribution in [0.3, 0.4) is 0 Å². The molecule has 0 spiro atoms. The minimum absolute atomic E-state index is 0.506. The monoisotopic (exact) mass is 400 g/mol. The van der Waals surface area contributed by atoms with Gasteiger partial charge in [0, 0.05) is 20.4 Å². The average molecular weight is 402 g/mol. The fourth-order valence-electron chi connectivity index (χ4n) is 2.04. The fourth-order valence-corrected chi connectivity index (χ4v) is 3.29. The highest BCUT2D eigenvalue weighted by molar-refractivity contribution is 9.10. The number of halogens is 2. The molecule has 112 valence electrons. The Morgan fingerprint density at radius 1 is 1.17 bits per heavy atom. The molecule has 3 aromatic rings. The van der Waals surface area contributed by atoms with E-state index in [1.54, 1.807) is 12.1 Å². The van der Waals surface area contributed by atoms with Gasteiger partial charge in [0.1, 0.15) is 11.1 Å². The first-order valence-electron chi connectivity index (χ1n) is 6.75. The van der Waals surface area contributed by atoms with Crippen LogP contribution in [0.25, 0.3) is 22.9 Å². The molecule has 1 aromatic heterocycles.